The minimum absolute atomic E-state index is 0.00492. The molecule has 0 spiro atoms. The molecule has 1 N–H and O–H groups in total. The monoisotopic (exact) mass is 286 g/mol. The van der Waals surface area contributed by atoms with Crippen molar-refractivity contribution in [1.82, 2.24) is 10.3 Å². The molecule has 2 aromatic rings. The normalized spacial score (nSPS) is 17.1. The van der Waals surface area contributed by atoms with E-state index in [1.165, 1.54) is 0 Å². The lowest BCUT2D eigenvalue weighted by molar-refractivity contribution is 0.0927. The van der Waals surface area contributed by atoms with Gasteiger partial charge in [-0.2, -0.15) is 0 Å². The molecule has 110 valence electrons. The molecule has 0 bridgehead atoms. The minimum Gasteiger partial charge on any atom is -0.477 e. The maximum atomic E-state index is 12.5. The second kappa shape index (κ2) is 5.99. The first-order valence-corrected chi connectivity index (χ1v) is 7.24. The lowest BCUT2D eigenvalue weighted by Crippen LogP contribution is -2.30. The van der Waals surface area contributed by atoms with Gasteiger partial charge < -0.3 is 14.5 Å². The molecule has 5 nitrogen and oxygen atoms in total. The van der Waals surface area contributed by atoms with Crippen molar-refractivity contribution in [3.63, 3.8) is 0 Å². The second-order valence-electron chi connectivity index (χ2n) is 5.01. The van der Waals surface area contributed by atoms with Gasteiger partial charge in [0.1, 0.15) is 11.3 Å². The number of pyridine rings is 1. The molecular formula is C16H18N2O3. The van der Waals surface area contributed by atoms with Crippen LogP contribution in [0.3, 0.4) is 0 Å². The van der Waals surface area contributed by atoms with Gasteiger partial charge in [0.2, 0.25) is 5.88 Å². The highest BCUT2D eigenvalue weighted by atomic mass is 16.5. The lowest BCUT2D eigenvalue weighted by Gasteiger charge is -2.23. The molecule has 1 amide bonds. The number of ether oxygens (including phenoxy) is 1. The number of nitrogens with one attached hydrogen (secondary N) is 1. The van der Waals surface area contributed by atoms with Gasteiger partial charge in [0, 0.05) is 18.2 Å². The van der Waals surface area contributed by atoms with E-state index in [4.69, 9.17) is 9.15 Å². The fourth-order valence-electron chi connectivity index (χ4n) is 2.69. The van der Waals surface area contributed by atoms with E-state index in [9.17, 15) is 4.79 Å². The molecule has 3 rings (SSSR count). The highest BCUT2D eigenvalue weighted by molar-refractivity contribution is 5.96. The van der Waals surface area contributed by atoms with Gasteiger partial charge in [-0.15, -0.1) is 0 Å². The Balaban J connectivity index is 1.79. The Morgan fingerprint density at radius 3 is 3.29 bits per heavy atom. The first kappa shape index (κ1) is 13.7. The predicted molar refractivity (Wildman–Crippen MR) is 77.3 cm³/mol. The number of hydrogen-bond acceptors (Lipinski definition) is 4. The molecule has 1 aliphatic carbocycles. The van der Waals surface area contributed by atoms with Crippen molar-refractivity contribution in [2.75, 3.05) is 6.61 Å². The third kappa shape index (κ3) is 2.77. The van der Waals surface area contributed by atoms with Gasteiger partial charge in [-0.1, -0.05) is 0 Å². The van der Waals surface area contributed by atoms with Gasteiger partial charge in [0.15, 0.2) is 0 Å². The summed E-state index contributed by atoms with van der Waals surface area (Å²) in [5.74, 6) is 1.19. The lowest BCUT2D eigenvalue weighted by atomic mass is 9.93. The predicted octanol–water partition coefficient (Wildman–Crippen LogP) is 2.88. The van der Waals surface area contributed by atoms with Gasteiger partial charge in [-0.3, -0.25) is 4.79 Å². The zero-order valence-corrected chi connectivity index (χ0v) is 12.0. The highest BCUT2D eigenvalue weighted by Gasteiger charge is 2.25. The van der Waals surface area contributed by atoms with Crippen LogP contribution in [0.2, 0.25) is 0 Å². The number of carbonyl (C=O) groups excluding carboxylic acids is 1. The molecule has 1 atom stereocenters. The Hall–Kier alpha value is -2.30. The van der Waals surface area contributed by atoms with E-state index in [0.717, 1.165) is 30.6 Å². The van der Waals surface area contributed by atoms with Crippen LogP contribution in [0.4, 0.5) is 0 Å². The molecule has 0 saturated carbocycles. The van der Waals surface area contributed by atoms with Gasteiger partial charge in [-0.25, -0.2) is 4.98 Å². The van der Waals surface area contributed by atoms with Gasteiger partial charge in [0.25, 0.3) is 5.91 Å². The van der Waals surface area contributed by atoms with Crippen LogP contribution in [-0.2, 0) is 6.42 Å². The van der Waals surface area contributed by atoms with E-state index in [2.05, 4.69) is 10.3 Å². The first-order chi connectivity index (χ1) is 10.3. The summed E-state index contributed by atoms with van der Waals surface area (Å²) in [6, 6.07) is 5.40. The summed E-state index contributed by atoms with van der Waals surface area (Å²) in [6.07, 6.45) is 6.17. The maximum Gasteiger partial charge on any atom is 0.257 e. The van der Waals surface area contributed by atoms with Gasteiger partial charge in [0.05, 0.1) is 18.9 Å². The standard InChI is InChI=1S/C16H18N2O3/c1-2-20-16-12(5-4-9-17-16)15(19)18-13-6-3-7-14-11(13)8-10-21-14/h4-5,8-10,13H,2-3,6-7H2,1H3,(H,18,19). The number of aryl methyl sites for hydroxylation is 1. The molecular weight excluding hydrogens is 268 g/mol. The molecule has 0 saturated heterocycles. The Labute approximate surface area is 123 Å². The number of furan rings is 1. The molecule has 0 aliphatic heterocycles. The van der Waals surface area contributed by atoms with E-state index in [0.29, 0.717) is 18.1 Å². The molecule has 5 heteroatoms. The highest BCUT2D eigenvalue weighted by Crippen LogP contribution is 2.31. The molecule has 2 heterocycles. The van der Waals surface area contributed by atoms with Crippen LogP contribution >= 0.6 is 0 Å². The number of fused-ring (bicyclic) bond motifs is 1. The van der Waals surface area contributed by atoms with Crippen LogP contribution in [0.5, 0.6) is 5.88 Å². The van der Waals surface area contributed by atoms with Crippen molar-refractivity contribution in [2.24, 2.45) is 0 Å². The second-order valence-corrected chi connectivity index (χ2v) is 5.01. The van der Waals surface area contributed by atoms with Crippen LogP contribution in [0.1, 0.15) is 47.5 Å². The molecule has 2 aromatic heterocycles. The average molecular weight is 286 g/mol. The summed E-state index contributed by atoms with van der Waals surface area (Å²) in [5, 5.41) is 3.06. The van der Waals surface area contributed by atoms with Crippen molar-refractivity contribution in [3.05, 3.63) is 47.5 Å². The first-order valence-electron chi connectivity index (χ1n) is 7.24. The summed E-state index contributed by atoms with van der Waals surface area (Å²) in [4.78, 5) is 16.6. The number of hydrogen-bond donors (Lipinski definition) is 1. The third-order valence-electron chi connectivity index (χ3n) is 3.65. The zero-order chi connectivity index (χ0) is 14.7. The van der Waals surface area contributed by atoms with Crippen LogP contribution in [0, 0.1) is 0 Å². The van der Waals surface area contributed by atoms with Crippen LogP contribution in [-0.4, -0.2) is 17.5 Å². The number of amides is 1. The number of nitrogens with zero attached hydrogens (tertiary/aromatic N) is 1. The van der Waals surface area contributed by atoms with Gasteiger partial charge in [-0.05, 0) is 38.0 Å². The third-order valence-corrected chi connectivity index (χ3v) is 3.65. The van der Waals surface area contributed by atoms with Crippen LogP contribution in [0.25, 0.3) is 0 Å². The van der Waals surface area contributed by atoms with Crippen molar-refractivity contribution in [2.45, 2.75) is 32.2 Å². The van der Waals surface area contributed by atoms with E-state index in [1.54, 1.807) is 24.6 Å². The summed E-state index contributed by atoms with van der Waals surface area (Å²) < 4.78 is 10.9. The molecule has 0 aromatic carbocycles. The fraction of sp³-hybridized carbons (Fsp3) is 0.375. The SMILES string of the molecule is CCOc1ncccc1C(=O)NC1CCCc2occc21. The van der Waals surface area contributed by atoms with E-state index in [1.807, 2.05) is 13.0 Å². The Morgan fingerprint density at radius 1 is 1.52 bits per heavy atom. The Bertz CT molecular complexity index is 636. The zero-order valence-electron chi connectivity index (χ0n) is 12.0. The van der Waals surface area contributed by atoms with Crippen molar-refractivity contribution in [1.29, 1.82) is 0 Å². The average Bonchev–Trinajstić information content (AvgIpc) is 2.98. The van der Waals surface area contributed by atoms with Crippen molar-refractivity contribution < 1.29 is 13.9 Å². The van der Waals surface area contributed by atoms with Crippen LogP contribution in [0.15, 0.2) is 35.1 Å². The quantitative estimate of drug-likeness (QED) is 0.938. The summed E-state index contributed by atoms with van der Waals surface area (Å²) in [6.45, 7) is 2.35. The molecule has 0 radical (unpaired) electrons. The maximum absolute atomic E-state index is 12.5. The molecule has 0 fully saturated rings. The Kier molecular flexibility index (Phi) is 3.90. The summed E-state index contributed by atoms with van der Waals surface area (Å²) in [7, 11) is 0. The van der Waals surface area contributed by atoms with Crippen LogP contribution < -0.4 is 10.1 Å². The molecule has 1 unspecified atom stereocenters. The minimum atomic E-state index is -0.161. The number of rotatable bonds is 4. The fourth-order valence-corrected chi connectivity index (χ4v) is 2.69. The molecule has 21 heavy (non-hydrogen) atoms. The summed E-state index contributed by atoms with van der Waals surface area (Å²) >= 11 is 0. The van der Waals surface area contributed by atoms with Crippen molar-refractivity contribution in [3.8, 4) is 5.88 Å². The summed E-state index contributed by atoms with van der Waals surface area (Å²) in [5.41, 5.74) is 1.55. The smallest absolute Gasteiger partial charge is 0.257 e. The van der Waals surface area contributed by atoms with Crippen molar-refractivity contribution >= 4 is 5.91 Å². The number of carbonyl (C=O) groups is 1. The topological polar surface area (TPSA) is 64.4 Å². The molecule has 1 aliphatic rings. The van der Waals surface area contributed by atoms with Gasteiger partial charge >= 0.3 is 0 Å². The van der Waals surface area contributed by atoms with E-state index in [-0.39, 0.29) is 11.9 Å². The van der Waals surface area contributed by atoms with E-state index < -0.39 is 0 Å². The Morgan fingerprint density at radius 2 is 2.43 bits per heavy atom. The number of aromatic nitrogens is 1. The largest absolute Gasteiger partial charge is 0.477 e. The van der Waals surface area contributed by atoms with E-state index >= 15 is 0 Å².